The first kappa shape index (κ1) is 20.0. The second-order valence-electron chi connectivity index (χ2n) is 5.80. The number of hydrogen-bond acceptors (Lipinski definition) is 5. The molecule has 29 heavy (non-hydrogen) atoms. The van der Waals surface area contributed by atoms with E-state index in [2.05, 4.69) is 15.5 Å². The summed E-state index contributed by atoms with van der Waals surface area (Å²) in [4.78, 5) is 22.6. The minimum atomic E-state index is -1.82. The fourth-order valence-corrected chi connectivity index (χ4v) is 2.48. The standard InChI is InChI=1S/C16H12F4N6O3/c1-2-24-7-12(26(28)29)15(23-24)16(27)22-8-4-21-25(5-8)6-9-10(17)3-11(18)14(20)13(9)19/h3-5,7H,2,6H2,1H3,(H,22,27). The molecule has 13 heteroatoms. The van der Waals surface area contributed by atoms with E-state index in [0.717, 1.165) is 23.3 Å². The lowest BCUT2D eigenvalue weighted by atomic mass is 10.2. The van der Waals surface area contributed by atoms with Gasteiger partial charge in [0.05, 0.1) is 23.4 Å². The number of nitro groups is 1. The molecule has 9 nitrogen and oxygen atoms in total. The summed E-state index contributed by atoms with van der Waals surface area (Å²) in [5, 5.41) is 21.0. The molecule has 0 spiro atoms. The molecule has 0 saturated heterocycles. The van der Waals surface area contributed by atoms with Crippen LogP contribution in [0.5, 0.6) is 0 Å². The number of anilines is 1. The maximum Gasteiger partial charge on any atom is 0.320 e. The zero-order valence-corrected chi connectivity index (χ0v) is 14.7. The van der Waals surface area contributed by atoms with Gasteiger partial charge in [0.25, 0.3) is 5.91 Å². The van der Waals surface area contributed by atoms with Gasteiger partial charge in [0.2, 0.25) is 5.69 Å². The molecule has 0 saturated carbocycles. The number of carbonyl (C=O) groups excluding carboxylic acids is 1. The van der Waals surface area contributed by atoms with Crippen molar-refractivity contribution in [1.29, 1.82) is 0 Å². The minimum Gasteiger partial charge on any atom is -0.318 e. The fourth-order valence-electron chi connectivity index (χ4n) is 2.48. The van der Waals surface area contributed by atoms with Gasteiger partial charge < -0.3 is 5.32 Å². The van der Waals surface area contributed by atoms with Gasteiger partial charge in [0, 0.05) is 24.4 Å². The van der Waals surface area contributed by atoms with Gasteiger partial charge in [0.1, 0.15) is 12.0 Å². The third-order valence-electron chi connectivity index (χ3n) is 3.90. The van der Waals surface area contributed by atoms with Crippen molar-refractivity contribution in [3.63, 3.8) is 0 Å². The van der Waals surface area contributed by atoms with Crippen molar-refractivity contribution >= 4 is 17.3 Å². The Hall–Kier alpha value is -3.77. The number of nitrogens with zero attached hydrogens (tertiary/aromatic N) is 5. The van der Waals surface area contributed by atoms with Gasteiger partial charge >= 0.3 is 5.69 Å². The van der Waals surface area contributed by atoms with E-state index in [1.807, 2.05) is 0 Å². The molecule has 0 radical (unpaired) electrons. The number of aromatic nitrogens is 4. The van der Waals surface area contributed by atoms with Crippen LogP contribution in [0, 0.1) is 33.4 Å². The maximum absolute atomic E-state index is 13.8. The molecule has 0 bridgehead atoms. The normalized spacial score (nSPS) is 10.9. The van der Waals surface area contributed by atoms with Crippen molar-refractivity contribution in [2.75, 3.05) is 5.32 Å². The molecule has 152 valence electrons. The molecule has 1 N–H and O–H groups in total. The van der Waals surface area contributed by atoms with Crippen LogP contribution < -0.4 is 5.32 Å². The molecular weight excluding hydrogens is 400 g/mol. The first-order valence-electron chi connectivity index (χ1n) is 8.08. The number of nitrogens with one attached hydrogen (secondary N) is 1. The highest BCUT2D eigenvalue weighted by atomic mass is 19.2. The topological polar surface area (TPSA) is 108 Å². The molecule has 3 aromatic rings. The highest BCUT2D eigenvalue weighted by Gasteiger charge is 2.26. The van der Waals surface area contributed by atoms with E-state index in [9.17, 15) is 32.5 Å². The van der Waals surface area contributed by atoms with Gasteiger partial charge in [0.15, 0.2) is 17.5 Å². The third-order valence-corrected chi connectivity index (χ3v) is 3.90. The summed E-state index contributed by atoms with van der Waals surface area (Å²) in [5.74, 6) is -7.37. The van der Waals surface area contributed by atoms with Crippen LogP contribution in [0.4, 0.5) is 28.9 Å². The fraction of sp³-hybridized carbons (Fsp3) is 0.188. The van der Waals surface area contributed by atoms with Crippen LogP contribution in [-0.4, -0.2) is 30.4 Å². The third kappa shape index (κ3) is 3.93. The van der Waals surface area contributed by atoms with Crippen LogP contribution in [0.15, 0.2) is 24.7 Å². The molecule has 0 aliphatic heterocycles. The highest BCUT2D eigenvalue weighted by Crippen LogP contribution is 2.21. The van der Waals surface area contributed by atoms with Gasteiger partial charge in [-0.05, 0) is 6.92 Å². The summed E-state index contributed by atoms with van der Waals surface area (Å²) in [5.41, 5.74) is -1.65. The van der Waals surface area contributed by atoms with Crippen molar-refractivity contribution in [1.82, 2.24) is 19.6 Å². The number of amides is 1. The Morgan fingerprint density at radius 3 is 2.55 bits per heavy atom. The molecule has 1 amide bonds. The summed E-state index contributed by atoms with van der Waals surface area (Å²) >= 11 is 0. The summed E-state index contributed by atoms with van der Waals surface area (Å²) < 4.78 is 56.0. The number of benzene rings is 1. The average molecular weight is 412 g/mol. The average Bonchev–Trinajstić information content (AvgIpc) is 3.30. The second-order valence-corrected chi connectivity index (χ2v) is 5.80. The lowest BCUT2D eigenvalue weighted by Crippen LogP contribution is -2.14. The molecule has 1 aromatic carbocycles. The summed E-state index contributed by atoms with van der Waals surface area (Å²) in [6, 6.07) is 0.211. The van der Waals surface area contributed by atoms with E-state index >= 15 is 0 Å². The zero-order chi connectivity index (χ0) is 21.3. The van der Waals surface area contributed by atoms with E-state index in [4.69, 9.17) is 0 Å². The monoisotopic (exact) mass is 412 g/mol. The lowest BCUT2D eigenvalue weighted by Gasteiger charge is -2.06. The zero-order valence-electron chi connectivity index (χ0n) is 14.7. The van der Waals surface area contributed by atoms with E-state index in [1.54, 1.807) is 6.92 Å². The van der Waals surface area contributed by atoms with Crippen molar-refractivity contribution in [2.45, 2.75) is 20.0 Å². The highest BCUT2D eigenvalue weighted by molar-refractivity contribution is 6.05. The molecule has 0 unspecified atom stereocenters. The summed E-state index contributed by atoms with van der Waals surface area (Å²) in [6.07, 6.45) is 3.36. The number of hydrogen-bond donors (Lipinski definition) is 1. The Balaban J connectivity index is 1.80. The van der Waals surface area contributed by atoms with Crippen molar-refractivity contribution < 1.29 is 27.3 Å². The van der Waals surface area contributed by atoms with Crippen LogP contribution in [0.2, 0.25) is 0 Å². The van der Waals surface area contributed by atoms with Crippen molar-refractivity contribution in [2.24, 2.45) is 0 Å². The lowest BCUT2D eigenvalue weighted by molar-refractivity contribution is -0.385. The number of aryl methyl sites for hydroxylation is 1. The van der Waals surface area contributed by atoms with E-state index in [0.29, 0.717) is 6.54 Å². The van der Waals surface area contributed by atoms with Crippen LogP contribution in [0.3, 0.4) is 0 Å². The van der Waals surface area contributed by atoms with Gasteiger partial charge in [-0.15, -0.1) is 0 Å². The predicted molar refractivity (Wildman–Crippen MR) is 90.1 cm³/mol. The van der Waals surface area contributed by atoms with Crippen LogP contribution in [-0.2, 0) is 13.1 Å². The Labute approximate surface area is 159 Å². The minimum absolute atomic E-state index is 0.0405. The molecule has 0 atom stereocenters. The van der Waals surface area contributed by atoms with Gasteiger partial charge in [-0.1, -0.05) is 0 Å². The predicted octanol–water partition coefficient (Wildman–Crippen LogP) is 2.86. The molecule has 2 aromatic heterocycles. The SMILES string of the molecule is CCn1cc([N+](=O)[O-])c(C(=O)Nc2cnn(Cc3c(F)cc(F)c(F)c3F)c2)n1. The van der Waals surface area contributed by atoms with Crippen LogP contribution >= 0.6 is 0 Å². The Morgan fingerprint density at radius 2 is 1.90 bits per heavy atom. The first-order valence-corrected chi connectivity index (χ1v) is 8.08. The molecule has 0 fully saturated rings. The molecule has 0 aliphatic carbocycles. The van der Waals surface area contributed by atoms with E-state index in [1.165, 1.54) is 4.68 Å². The summed E-state index contributed by atoms with van der Waals surface area (Å²) in [7, 11) is 0. The van der Waals surface area contributed by atoms with Gasteiger partial charge in [-0.25, -0.2) is 17.6 Å². The Bertz CT molecular complexity index is 1110. The second kappa shape index (κ2) is 7.69. The van der Waals surface area contributed by atoms with Crippen LogP contribution in [0.25, 0.3) is 0 Å². The maximum atomic E-state index is 13.8. The largest absolute Gasteiger partial charge is 0.320 e. The smallest absolute Gasteiger partial charge is 0.318 e. The molecule has 0 aliphatic rings. The first-order chi connectivity index (χ1) is 13.7. The molecular formula is C16H12F4N6O3. The van der Waals surface area contributed by atoms with E-state index < -0.39 is 57.6 Å². The number of rotatable bonds is 6. The van der Waals surface area contributed by atoms with Crippen molar-refractivity contribution in [3.8, 4) is 0 Å². The summed E-state index contributed by atoms with van der Waals surface area (Å²) in [6.45, 7) is 1.39. The number of halogens is 4. The molecule has 2 heterocycles. The van der Waals surface area contributed by atoms with E-state index in [-0.39, 0.29) is 11.8 Å². The Morgan fingerprint density at radius 1 is 1.17 bits per heavy atom. The number of carbonyl (C=O) groups is 1. The van der Waals surface area contributed by atoms with Crippen molar-refractivity contribution in [3.05, 3.63) is 69.3 Å². The van der Waals surface area contributed by atoms with Gasteiger partial charge in [-0.3, -0.25) is 24.3 Å². The van der Waals surface area contributed by atoms with Crippen LogP contribution in [0.1, 0.15) is 23.0 Å². The quantitative estimate of drug-likeness (QED) is 0.220. The Kier molecular flexibility index (Phi) is 5.30. The molecule has 3 rings (SSSR count). The van der Waals surface area contributed by atoms with Gasteiger partial charge in [-0.2, -0.15) is 10.2 Å².